The molecule has 0 aliphatic heterocycles. The van der Waals surface area contributed by atoms with Crippen LogP contribution < -0.4 is 5.73 Å². The predicted octanol–water partition coefficient (Wildman–Crippen LogP) is 1.02. The monoisotopic (exact) mass is 283 g/mol. The Bertz CT molecular complexity index is 409. The molecule has 0 radical (unpaired) electrons. The summed E-state index contributed by atoms with van der Waals surface area (Å²) in [5, 5.41) is 17.6. The van der Waals surface area contributed by atoms with Crippen LogP contribution in [0.4, 0.5) is 0 Å². The van der Waals surface area contributed by atoms with Gasteiger partial charge < -0.3 is 20.9 Å². The van der Waals surface area contributed by atoms with E-state index in [0.717, 1.165) is 18.5 Å². The summed E-state index contributed by atoms with van der Waals surface area (Å²) in [5.41, 5.74) is 4.81. The molecule has 0 amide bonds. The molecule has 5 N–H and O–H groups in total. The second-order valence-corrected chi connectivity index (χ2v) is 4.85. The Hall–Kier alpha value is -1.89. The van der Waals surface area contributed by atoms with Gasteiger partial charge in [0, 0.05) is 12.6 Å². The van der Waals surface area contributed by atoms with E-state index in [9.17, 15) is 9.59 Å². The highest BCUT2D eigenvalue weighted by Crippen LogP contribution is 2.36. The Kier molecular flexibility index (Phi) is 6.17. The highest BCUT2D eigenvalue weighted by Gasteiger charge is 2.46. The summed E-state index contributed by atoms with van der Waals surface area (Å²) in [6.45, 7) is 0.671. The summed E-state index contributed by atoms with van der Waals surface area (Å²) in [7, 11) is 0. The van der Waals surface area contributed by atoms with Gasteiger partial charge in [0.15, 0.2) is 5.41 Å². The number of hydrogen-bond acceptors (Lipinski definition) is 4. The normalized spacial score (nSPS) is 16.9. The van der Waals surface area contributed by atoms with Crippen molar-refractivity contribution < 1.29 is 19.8 Å². The van der Waals surface area contributed by atoms with Crippen LogP contribution in [0.5, 0.6) is 0 Å². The minimum atomic E-state index is -1.49. The molecule has 112 valence electrons. The number of aromatic amines is 1. The Morgan fingerprint density at radius 2 is 1.85 bits per heavy atom. The number of rotatable bonds is 4. The van der Waals surface area contributed by atoms with E-state index >= 15 is 0 Å². The number of nitrogens with two attached hydrogens (primary N) is 1. The molecule has 20 heavy (non-hydrogen) atoms. The first-order valence-electron chi connectivity index (χ1n) is 6.67. The highest BCUT2D eigenvalue weighted by atomic mass is 16.4. The van der Waals surface area contributed by atoms with Crippen molar-refractivity contribution in [2.45, 2.75) is 38.5 Å². The van der Waals surface area contributed by atoms with Crippen molar-refractivity contribution in [1.29, 1.82) is 0 Å². The van der Waals surface area contributed by atoms with Crippen LogP contribution in [0.3, 0.4) is 0 Å². The fraction of sp³-hybridized carbons (Fsp3) is 0.615. The lowest BCUT2D eigenvalue weighted by Gasteiger charge is -2.28. The molecule has 0 spiro atoms. The molecular weight excluding hydrogens is 262 g/mol. The van der Waals surface area contributed by atoms with Crippen molar-refractivity contribution in [2.24, 2.45) is 11.1 Å². The summed E-state index contributed by atoms with van der Waals surface area (Å²) in [4.78, 5) is 28.3. The SMILES string of the molecule is NCCc1c[nH]cn1.O=C(O)C1(C(=O)O)CCCCC1. The number of hydrogen-bond donors (Lipinski definition) is 4. The van der Waals surface area contributed by atoms with Crippen LogP contribution in [0.1, 0.15) is 37.8 Å². The molecule has 0 unspecified atom stereocenters. The zero-order valence-electron chi connectivity index (χ0n) is 11.3. The van der Waals surface area contributed by atoms with Crippen LogP contribution in [0.25, 0.3) is 0 Å². The molecule has 0 bridgehead atoms. The van der Waals surface area contributed by atoms with E-state index in [1.165, 1.54) is 0 Å². The largest absolute Gasteiger partial charge is 0.480 e. The molecule has 7 heteroatoms. The zero-order valence-corrected chi connectivity index (χ0v) is 11.3. The molecule has 1 heterocycles. The third kappa shape index (κ3) is 4.06. The van der Waals surface area contributed by atoms with Crippen LogP contribution in [-0.4, -0.2) is 38.7 Å². The Morgan fingerprint density at radius 3 is 2.20 bits per heavy atom. The molecule has 1 aliphatic carbocycles. The third-order valence-electron chi connectivity index (χ3n) is 3.48. The maximum atomic E-state index is 10.7. The molecular formula is C13H21N3O4. The Balaban J connectivity index is 0.000000217. The molecule has 0 atom stereocenters. The Morgan fingerprint density at radius 1 is 1.25 bits per heavy atom. The standard InChI is InChI=1S/C8H12O4.C5H9N3/c9-6(10)8(7(11)12)4-2-1-3-5-8;6-2-1-5-3-7-4-8-5/h1-5H2,(H,9,10)(H,11,12);3-4H,1-2,6H2,(H,7,8). The van der Waals surface area contributed by atoms with Crippen LogP contribution in [-0.2, 0) is 16.0 Å². The van der Waals surface area contributed by atoms with Gasteiger partial charge in [-0.15, -0.1) is 0 Å². The first-order valence-corrected chi connectivity index (χ1v) is 6.67. The van der Waals surface area contributed by atoms with E-state index in [1.54, 1.807) is 6.33 Å². The van der Waals surface area contributed by atoms with E-state index in [4.69, 9.17) is 15.9 Å². The van der Waals surface area contributed by atoms with Gasteiger partial charge in [0.05, 0.1) is 12.0 Å². The maximum Gasteiger partial charge on any atom is 0.321 e. The van der Waals surface area contributed by atoms with Gasteiger partial charge in [0.2, 0.25) is 0 Å². The molecule has 7 nitrogen and oxygen atoms in total. The summed E-state index contributed by atoms with van der Waals surface area (Å²) in [6.07, 6.45) is 7.29. The van der Waals surface area contributed by atoms with Gasteiger partial charge in [-0.25, -0.2) is 4.98 Å². The number of carboxylic acid groups (broad SMARTS) is 2. The fourth-order valence-electron chi connectivity index (χ4n) is 2.25. The second-order valence-electron chi connectivity index (χ2n) is 4.85. The topological polar surface area (TPSA) is 129 Å². The van der Waals surface area contributed by atoms with E-state index < -0.39 is 17.4 Å². The number of nitrogens with one attached hydrogen (secondary N) is 1. The number of H-pyrrole nitrogens is 1. The van der Waals surface area contributed by atoms with Gasteiger partial charge in [0.25, 0.3) is 0 Å². The Labute approximate surface area is 117 Å². The highest BCUT2D eigenvalue weighted by molar-refractivity contribution is 5.98. The van der Waals surface area contributed by atoms with Crippen LogP contribution in [0, 0.1) is 5.41 Å². The summed E-state index contributed by atoms with van der Waals surface area (Å²) in [6, 6.07) is 0. The lowest BCUT2D eigenvalue weighted by Crippen LogP contribution is -2.40. The molecule has 2 rings (SSSR count). The lowest BCUT2D eigenvalue weighted by atomic mass is 9.74. The smallest absolute Gasteiger partial charge is 0.321 e. The quantitative estimate of drug-likeness (QED) is 0.610. The molecule has 0 aromatic carbocycles. The van der Waals surface area contributed by atoms with Crippen LogP contribution in [0.15, 0.2) is 12.5 Å². The number of aliphatic carboxylic acids is 2. The van der Waals surface area contributed by atoms with Crippen LogP contribution in [0.2, 0.25) is 0 Å². The third-order valence-corrected chi connectivity index (χ3v) is 3.48. The van der Waals surface area contributed by atoms with E-state index in [0.29, 0.717) is 19.4 Å². The summed E-state index contributed by atoms with van der Waals surface area (Å²) in [5.74, 6) is -2.37. The van der Waals surface area contributed by atoms with Gasteiger partial charge in [-0.1, -0.05) is 19.3 Å². The number of imidazole rings is 1. The van der Waals surface area contributed by atoms with Crippen molar-refractivity contribution in [1.82, 2.24) is 9.97 Å². The molecule has 1 aliphatic rings. The van der Waals surface area contributed by atoms with Crippen molar-refractivity contribution in [2.75, 3.05) is 6.54 Å². The average molecular weight is 283 g/mol. The van der Waals surface area contributed by atoms with Gasteiger partial charge in [-0.2, -0.15) is 0 Å². The maximum absolute atomic E-state index is 10.7. The van der Waals surface area contributed by atoms with E-state index in [1.807, 2.05) is 6.20 Å². The molecule has 1 aromatic heterocycles. The van der Waals surface area contributed by atoms with Gasteiger partial charge in [-0.3, -0.25) is 9.59 Å². The first kappa shape index (κ1) is 16.2. The summed E-state index contributed by atoms with van der Waals surface area (Å²) < 4.78 is 0. The number of carbonyl (C=O) groups is 2. The molecule has 1 fully saturated rings. The molecule has 1 aromatic rings. The molecule has 1 saturated carbocycles. The average Bonchev–Trinajstić information content (AvgIpc) is 2.93. The summed E-state index contributed by atoms with van der Waals surface area (Å²) >= 11 is 0. The number of carboxylic acids is 2. The molecule has 0 saturated heterocycles. The van der Waals surface area contributed by atoms with Gasteiger partial charge in [0.1, 0.15) is 0 Å². The van der Waals surface area contributed by atoms with Crippen molar-refractivity contribution in [3.05, 3.63) is 18.2 Å². The lowest BCUT2D eigenvalue weighted by molar-refractivity contribution is -0.167. The van der Waals surface area contributed by atoms with Gasteiger partial charge in [-0.05, 0) is 19.4 Å². The van der Waals surface area contributed by atoms with Crippen LogP contribution >= 0.6 is 0 Å². The minimum Gasteiger partial charge on any atom is -0.480 e. The van der Waals surface area contributed by atoms with Crippen molar-refractivity contribution in [3.63, 3.8) is 0 Å². The number of aromatic nitrogens is 2. The van der Waals surface area contributed by atoms with Crippen molar-refractivity contribution in [3.8, 4) is 0 Å². The predicted molar refractivity (Wildman–Crippen MR) is 72.1 cm³/mol. The fourth-order valence-corrected chi connectivity index (χ4v) is 2.25. The zero-order chi connectivity index (χ0) is 15.0. The first-order chi connectivity index (χ1) is 9.53. The van der Waals surface area contributed by atoms with E-state index in [-0.39, 0.29) is 12.8 Å². The van der Waals surface area contributed by atoms with Crippen molar-refractivity contribution >= 4 is 11.9 Å². The van der Waals surface area contributed by atoms with E-state index in [2.05, 4.69) is 9.97 Å². The number of nitrogens with zero attached hydrogens (tertiary/aromatic N) is 1. The van der Waals surface area contributed by atoms with Gasteiger partial charge >= 0.3 is 11.9 Å². The second kappa shape index (κ2) is 7.64. The minimum absolute atomic E-state index is 0.275.